The van der Waals surface area contributed by atoms with Gasteiger partial charge < -0.3 is 10.5 Å². The van der Waals surface area contributed by atoms with Gasteiger partial charge in [0.1, 0.15) is 18.2 Å². The lowest BCUT2D eigenvalue weighted by Crippen LogP contribution is -2.19. The third-order valence-electron chi connectivity index (χ3n) is 4.05. The summed E-state index contributed by atoms with van der Waals surface area (Å²) in [4.78, 5) is 0. The van der Waals surface area contributed by atoms with E-state index in [9.17, 15) is 4.39 Å². The maximum absolute atomic E-state index is 12.9. The van der Waals surface area contributed by atoms with Crippen molar-refractivity contribution in [2.24, 2.45) is 5.73 Å². The second-order valence-electron chi connectivity index (χ2n) is 5.61. The highest BCUT2D eigenvalue weighted by atomic mass is 19.1. The van der Waals surface area contributed by atoms with Crippen LogP contribution < -0.4 is 10.5 Å². The fourth-order valence-electron chi connectivity index (χ4n) is 2.79. The van der Waals surface area contributed by atoms with E-state index in [2.05, 4.69) is 12.1 Å². The average Bonchev–Trinajstić information content (AvgIpc) is 2.53. The van der Waals surface area contributed by atoms with Crippen LogP contribution in [0.2, 0.25) is 0 Å². The van der Waals surface area contributed by atoms with Gasteiger partial charge in [0.15, 0.2) is 0 Å². The summed E-state index contributed by atoms with van der Waals surface area (Å²) in [6, 6.07) is 12.3. The van der Waals surface area contributed by atoms with Crippen LogP contribution in [0.1, 0.15) is 35.6 Å². The molecule has 1 aliphatic carbocycles. The van der Waals surface area contributed by atoms with Crippen LogP contribution in [-0.2, 0) is 12.8 Å². The minimum absolute atomic E-state index is 0.248. The van der Waals surface area contributed by atoms with Crippen LogP contribution in [0.4, 0.5) is 4.39 Å². The van der Waals surface area contributed by atoms with E-state index in [-0.39, 0.29) is 11.9 Å². The first kappa shape index (κ1) is 14.1. The zero-order valence-electron chi connectivity index (χ0n) is 12.0. The molecule has 0 saturated heterocycles. The predicted molar refractivity (Wildman–Crippen MR) is 81.9 cm³/mol. The van der Waals surface area contributed by atoms with E-state index < -0.39 is 0 Å². The summed E-state index contributed by atoms with van der Waals surface area (Å²) in [5, 5.41) is 0. The third kappa shape index (κ3) is 3.42. The Kier molecular flexibility index (Phi) is 4.20. The summed E-state index contributed by atoms with van der Waals surface area (Å²) in [7, 11) is 0. The molecule has 2 nitrogen and oxygen atoms in total. The first-order chi connectivity index (χ1) is 10.2. The summed E-state index contributed by atoms with van der Waals surface area (Å²) in [5.74, 6) is 0.620. The van der Waals surface area contributed by atoms with Crippen LogP contribution in [0.15, 0.2) is 42.5 Å². The van der Waals surface area contributed by atoms with Gasteiger partial charge in [-0.25, -0.2) is 4.39 Å². The second kappa shape index (κ2) is 6.27. The van der Waals surface area contributed by atoms with Crippen molar-refractivity contribution in [2.75, 3.05) is 6.61 Å². The molecule has 0 spiro atoms. The van der Waals surface area contributed by atoms with Gasteiger partial charge in [-0.1, -0.05) is 18.2 Å². The van der Waals surface area contributed by atoms with Crippen molar-refractivity contribution in [3.05, 3.63) is 65.0 Å². The van der Waals surface area contributed by atoms with Crippen LogP contribution >= 0.6 is 0 Å². The van der Waals surface area contributed by atoms with E-state index in [1.165, 1.54) is 42.5 Å². The van der Waals surface area contributed by atoms with Gasteiger partial charge in [0.2, 0.25) is 0 Å². The molecule has 0 radical (unpaired) electrons. The SMILES string of the molecule is NC(COc1ccc2c(c1)CCCC2)c1ccc(F)cc1. The van der Waals surface area contributed by atoms with Gasteiger partial charge in [-0.05, 0) is 66.6 Å². The highest BCUT2D eigenvalue weighted by Gasteiger charge is 2.11. The Hall–Kier alpha value is -1.87. The van der Waals surface area contributed by atoms with E-state index in [0.29, 0.717) is 6.61 Å². The normalized spacial score (nSPS) is 15.3. The minimum atomic E-state index is -0.249. The number of rotatable bonds is 4. The van der Waals surface area contributed by atoms with Crippen molar-refractivity contribution in [1.82, 2.24) is 0 Å². The molecule has 1 unspecified atom stereocenters. The third-order valence-corrected chi connectivity index (χ3v) is 4.05. The second-order valence-corrected chi connectivity index (χ2v) is 5.61. The molecular formula is C18H20FNO. The Morgan fingerprint density at radius 1 is 1.00 bits per heavy atom. The van der Waals surface area contributed by atoms with Gasteiger partial charge >= 0.3 is 0 Å². The molecule has 0 aromatic heterocycles. The molecule has 0 bridgehead atoms. The zero-order valence-corrected chi connectivity index (χ0v) is 12.0. The molecule has 3 heteroatoms. The smallest absolute Gasteiger partial charge is 0.123 e. The largest absolute Gasteiger partial charge is 0.492 e. The van der Waals surface area contributed by atoms with Crippen molar-refractivity contribution in [3.8, 4) is 5.75 Å². The Morgan fingerprint density at radius 2 is 1.71 bits per heavy atom. The predicted octanol–water partition coefficient (Wildman–Crippen LogP) is 3.78. The lowest BCUT2D eigenvalue weighted by molar-refractivity contribution is 0.290. The number of benzene rings is 2. The Bertz CT molecular complexity index is 609. The summed E-state index contributed by atoms with van der Waals surface area (Å²) in [6.45, 7) is 0.393. The lowest BCUT2D eigenvalue weighted by atomic mass is 9.92. The highest BCUT2D eigenvalue weighted by molar-refractivity contribution is 5.37. The summed E-state index contributed by atoms with van der Waals surface area (Å²) in [6.07, 6.45) is 4.84. The fourth-order valence-corrected chi connectivity index (χ4v) is 2.79. The molecule has 110 valence electrons. The molecule has 21 heavy (non-hydrogen) atoms. The summed E-state index contributed by atoms with van der Waals surface area (Å²) >= 11 is 0. The summed E-state index contributed by atoms with van der Waals surface area (Å²) in [5.41, 5.74) is 9.81. The van der Waals surface area contributed by atoms with Gasteiger partial charge in [0, 0.05) is 0 Å². The van der Waals surface area contributed by atoms with E-state index in [1.807, 2.05) is 6.07 Å². The van der Waals surface area contributed by atoms with Gasteiger partial charge in [0.05, 0.1) is 6.04 Å². The quantitative estimate of drug-likeness (QED) is 0.927. The van der Waals surface area contributed by atoms with E-state index >= 15 is 0 Å². The number of hydrogen-bond acceptors (Lipinski definition) is 2. The van der Waals surface area contributed by atoms with Crippen LogP contribution in [0.25, 0.3) is 0 Å². The number of nitrogens with two attached hydrogens (primary N) is 1. The molecule has 0 fully saturated rings. The Labute approximate surface area is 124 Å². The van der Waals surface area contributed by atoms with Gasteiger partial charge in [-0.15, -0.1) is 0 Å². The molecule has 0 saturated carbocycles. The van der Waals surface area contributed by atoms with Gasteiger partial charge in [0.25, 0.3) is 0 Å². The van der Waals surface area contributed by atoms with Crippen molar-refractivity contribution < 1.29 is 9.13 Å². The maximum Gasteiger partial charge on any atom is 0.123 e. The number of aryl methyl sites for hydroxylation is 2. The lowest BCUT2D eigenvalue weighted by Gasteiger charge is -2.18. The Balaban J connectivity index is 1.63. The van der Waals surface area contributed by atoms with E-state index in [4.69, 9.17) is 10.5 Å². The van der Waals surface area contributed by atoms with Crippen molar-refractivity contribution >= 4 is 0 Å². The maximum atomic E-state index is 12.9. The highest BCUT2D eigenvalue weighted by Crippen LogP contribution is 2.25. The molecule has 3 rings (SSSR count). The topological polar surface area (TPSA) is 35.2 Å². The fraction of sp³-hybridized carbons (Fsp3) is 0.333. The number of halogens is 1. The number of fused-ring (bicyclic) bond motifs is 1. The molecular weight excluding hydrogens is 265 g/mol. The van der Waals surface area contributed by atoms with Gasteiger partial charge in [-0.2, -0.15) is 0 Å². The first-order valence-corrected chi connectivity index (χ1v) is 7.48. The van der Waals surface area contributed by atoms with Crippen LogP contribution in [-0.4, -0.2) is 6.61 Å². The molecule has 0 aliphatic heterocycles. The van der Waals surface area contributed by atoms with E-state index in [1.54, 1.807) is 12.1 Å². The molecule has 1 atom stereocenters. The average molecular weight is 285 g/mol. The van der Waals surface area contributed by atoms with Crippen LogP contribution in [0, 0.1) is 5.82 Å². The molecule has 2 aromatic rings. The zero-order chi connectivity index (χ0) is 14.7. The monoisotopic (exact) mass is 285 g/mol. The minimum Gasteiger partial charge on any atom is -0.492 e. The van der Waals surface area contributed by atoms with Crippen LogP contribution in [0.5, 0.6) is 5.75 Å². The molecule has 0 heterocycles. The first-order valence-electron chi connectivity index (χ1n) is 7.48. The van der Waals surface area contributed by atoms with Crippen molar-refractivity contribution in [1.29, 1.82) is 0 Å². The molecule has 2 N–H and O–H groups in total. The van der Waals surface area contributed by atoms with Crippen molar-refractivity contribution in [3.63, 3.8) is 0 Å². The van der Waals surface area contributed by atoms with Gasteiger partial charge in [-0.3, -0.25) is 0 Å². The standard InChI is InChI=1S/C18H20FNO/c19-16-8-5-14(6-9-16)18(20)12-21-17-10-7-13-3-1-2-4-15(13)11-17/h5-11,18H,1-4,12,20H2. The Morgan fingerprint density at radius 3 is 2.48 bits per heavy atom. The molecule has 2 aromatic carbocycles. The van der Waals surface area contributed by atoms with Crippen molar-refractivity contribution in [2.45, 2.75) is 31.7 Å². The molecule has 1 aliphatic rings. The summed E-state index contributed by atoms with van der Waals surface area (Å²) < 4.78 is 18.7. The number of ether oxygens (including phenoxy) is 1. The molecule has 0 amide bonds. The number of hydrogen-bond donors (Lipinski definition) is 1. The van der Waals surface area contributed by atoms with E-state index in [0.717, 1.165) is 17.7 Å². The van der Waals surface area contributed by atoms with Crippen LogP contribution in [0.3, 0.4) is 0 Å².